The summed E-state index contributed by atoms with van der Waals surface area (Å²) in [5, 5.41) is 0. The zero-order valence-electron chi connectivity index (χ0n) is 14.2. The third-order valence-electron chi connectivity index (χ3n) is 3.54. The van der Waals surface area contributed by atoms with Crippen LogP contribution in [0.3, 0.4) is 0 Å². The van der Waals surface area contributed by atoms with E-state index >= 15 is 0 Å². The molecule has 0 saturated carbocycles. The Balaban J connectivity index is 2.40. The van der Waals surface area contributed by atoms with E-state index in [1.165, 1.54) is 7.11 Å². The number of methoxy groups -OCH3 is 1. The Hall–Kier alpha value is -1.92. The maximum Gasteiger partial charge on any atom is 0.410 e. The molecule has 0 N–H and O–H groups in total. The van der Waals surface area contributed by atoms with Crippen molar-refractivity contribution in [1.29, 1.82) is 0 Å². The molecule has 130 valence electrons. The van der Waals surface area contributed by atoms with Gasteiger partial charge in [0, 0.05) is 19.0 Å². The van der Waals surface area contributed by atoms with Crippen LogP contribution in [0.15, 0.2) is 0 Å². The molecule has 1 amide bonds. The monoisotopic (exact) mass is 327 g/mol. The molecule has 1 fully saturated rings. The second kappa shape index (κ2) is 8.08. The van der Waals surface area contributed by atoms with Gasteiger partial charge in [0.15, 0.2) is 5.78 Å². The first-order valence-electron chi connectivity index (χ1n) is 7.71. The Bertz CT molecular complexity index is 471. The molecule has 0 spiro atoms. The van der Waals surface area contributed by atoms with Crippen LogP contribution in [0.4, 0.5) is 4.79 Å². The van der Waals surface area contributed by atoms with Gasteiger partial charge < -0.3 is 14.4 Å². The van der Waals surface area contributed by atoms with Crippen molar-refractivity contribution in [3.8, 4) is 0 Å². The van der Waals surface area contributed by atoms with Gasteiger partial charge in [0.1, 0.15) is 17.8 Å². The standard InChI is InChI=1S/C16H25NO6/c1-16(2,3)23-15(21)17-7-5-11(6-8-17)13(19)9-12(18)10-14(20)22-4/h11H,5-10H2,1-4H3. The molecule has 0 unspecified atom stereocenters. The number of amides is 1. The number of carbonyl (C=O) groups is 4. The highest BCUT2D eigenvalue weighted by Gasteiger charge is 2.30. The number of ketones is 2. The predicted molar refractivity (Wildman–Crippen MR) is 81.8 cm³/mol. The molecule has 7 heteroatoms. The first-order valence-corrected chi connectivity index (χ1v) is 7.71. The van der Waals surface area contributed by atoms with Crippen LogP contribution in [0.2, 0.25) is 0 Å². The Labute approximate surface area is 136 Å². The van der Waals surface area contributed by atoms with Gasteiger partial charge in [-0.2, -0.15) is 0 Å². The molecule has 1 saturated heterocycles. The summed E-state index contributed by atoms with van der Waals surface area (Å²) in [7, 11) is 1.20. The maximum absolute atomic E-state index is 12.1. The first-order chi connectivity index (χ1) is 10.6. The number of rotatable bonds is 5. The molecule has 0 aromatic rings. The Morgan fingerprint density at radius 1 is 1.04 bits per heavy atom. The molecule has 0 bridgehead atoms. The number of Topliss-reactive ketones (excluding diaryl/α,β-unsaturated/α-hetero) is 2. The fraction of sp³-hybridized carbons (Fsp3) is 0.750. The highest BCUT2D eigenvalue weighted by atomic mass is 16.6. The number of likely N-dealkylation sites (tertiary alicyclic amines) is 1. The fourth-order valence-corrected chi connectivity index (χ4v) is 2.34. The molecule has 0 atom stereocenters. The summed E-state index contributed by atoms with van der Waals surface area (Å²) in [6, 6.07) is 0. The molecule has 1 heterocycles. The Morgan fingerprint density at radius 3 is 2.09 bits per heavy atom. The summed E-state index contributed by atoms with van der Waals surface area (Å²) in [6.07, 6.45) is -0.0107. The number of hydrogen-bond acceptors (Lipinski definition) is 6. The van der Waals surface area contributed by atoms with Gasteiger partial charge in [-0.15, -0.1) is 0 Å². The lowest BCUT2D eigenvalue weighted by Crippen LogP contribution is -2.43. The molecule has 1 rings (SSSR count). The van der Waals surface area contributed by atoms with Crippen molar-refractivity contribution >= 4 is 23.6 Å². The summed E-state index contributed by atoms with van der Waals surface area (Å²) in [5.74, 6) is -1.50. The predicted octanol–water partition coefficient (Wildman–Crippen LogP) is 1.72. The van der Waals surface area contributed by atoms with E-state index in [4.69, 9.17) is 4.74 Å². The summed E-state index contributed by atoms with van der Waals surface area (Å²) in [5.41, 5.74) is -0.552. The number of hydrogen-bond donors (Lipinski definition) is 0. The molecule has 0 radical (unpaired) electrons. The van der Waals surface area contributed by atoms with Gasteiger partial charge in [-0.3, -0.25) is 14.4 Å². The van der Waals surface area contributed by atoms with Crippen LogP contribution in [0.5, 0.6) is 0 Å². The average molecular weight is 327 g/mol. The maximum atomic E-state index is 12.1. The summed E-state index contributed by atoms with van der Waals surface area (Å²) >= 11 is 0. The van der Waals surface area contributed by atoms with E-state index in [9.17, 15) is 19.2 Å². The normalized spacial score (nSPS) is 15.9. The van der Waals surface area contributed by atoms with Crippen molar-refractivity contribution in [3.63, 3.8) is 0 Å². The largest absolute Gasteiger partial charge is 0.469 e. The average Bonchev–Trinajstić information content (AvgIpc) is 2.45. The van der Waals surface area contributed by atoms with Crippen molar-refractivity contribution in [2.45, 2.75) is 52.1 Å². The minimum atomic E-state index is -0.637. The molecule has 7 nitrogen and oxygen atoms in total. The molecular formula is C16H25NO6. The SMILES string of the molecule is COC(=O)CC(=O)CC(=O)C1CCN(C(=O)OC(C)(C)C)CC1. The van der Waals surface area contributed by atoms with Crippen LogP contribution in [-0.4, -0.2) is 54.3 Å². The minimum absolute atomic E-state index is 0.178. The molecule has 0 aliphatic carbocycles. The Morgan fingerprint density at radius 2 is 1.61 bits per heavy atom. The number of esters is 1. The van der Waals surface area contributed by atoms with Gasteiger partial charge in [0.2, 0.25) is 0 Å². The third-order valence-corrected chi connectivity index (χ3v) is 3.54. The first kappa shape index (κ1) is 19.1. The van der Waals surface area contributed by atoms with Gasteiger partial charge >= 0.3 is 12.1 Å². The number of ether oxygens (including phenoxy) is 2. The number of piperidine rings is 1. The second-order valence-electron chi connectivity index (χ2n) is 6.68. The van der Waals surface area contributed by atoms with Crippen LogP contribution in [0.25, 0.3) is 0 Å². The summed E-state index contributed by atoms with van der Waals surface area (Å²) in [4.78, 5) is 48.2. The molecule has 23 heavy (non-hydrogen) atoms. The summed E-state index contributed by atoms with van der Waals surface area (Å²) in [6.45, 7) is 6.25. The van der Waals surface area contributed by atoms with Gasteiger partial charge in [0.25, 0.3) is 0 Å². The zero-order chi connectivity index (χ0) is 17.6. The van der Waals surface area contributed by atoms with Gasteiger partial charge in [-0.25, -0.2) is 4.79 Å². The lowest BCUT2D eigenvalue weighted by Gasteiger charge is -2.32. The minimum Gasteiger partial charge on any atom is -0.469 e. The van der Waals surface area contributed by atoms with Crippen molar-refractivity contribution in [2.75, 3.05) is 20.2 Å². The van der Waals surface area contributed by atoms with E-state index in [1.54, 1.807) is 25.7 Å². The lowest BCUT2D eigenvalue weighted by atomic mass is 9.90. The van der Waals surface area contributed by atoms with E-state index in [-0.39, 0.29) is 30.6 Å². The molecule has 1 aliphatic heterocycles. The van der Waals surface area contributed by atoms with E-state index < -0.39 is 17.4 Å². The zero-order valence-corrected chi connectivity index (χ0v) is 14.2. The van der Waals surface area contributed by atoms with Crippen molar-refractivity contribution in [2.24, 2.45) is 5.92 Å². The molecule has 1 aliphatic rings. The summed E-state index contributed by atoms with van der Waals surface area (Å²) < 4.78 is 9.69. The van der Waals surface area contributed by atoms with Crippen LogP contribution >= 0.6 is 0 Å². The van der Waals surface area contributed by atoms with Gasteiger partial charge in [-0.05, 0) is 33.6 Å². The van der Waals surface area contributed by atoms with Crippen LogP contribution in [-0.2, 0) is 23.9 Å². The fourth-order valence-electron chi connectivity index (χ4n) is 2.34. The van der Waals surface area contributed by atoms with Crippen LogP contribution in [0.1, 0.15) is 46.5 Å². The van der Waals surface area contributed by atoms with E-state index in [0.29, 0.717) is 25.9 Å². The number of carbonyl (C=O) groups excluding carboxylic acids is 4. The molecule has 0 aromatic carbocycles. The number of nitrogens with zero attached hydrogens (tertiary/aromatic N) is 1. The van der Waals surface area contributed by atoms with Crippen LogP contribution < -0.4 is 0 Å². The molecular weight excluding hydrogens is 302 g/mol. The van der Waals surface area contributed by atoms with Gasteiger partial charge in [0.05, 0.1) is 13.5 Å². The van der Waals surface area contributed by atoms with E-state index in [1.807, 2.05) is 0 Å². The van der Waals surface area contributed by atoms with Crippen LogP contribution in [0, 0.1) is 5.92 Å². The van der Waals surface area contributed by atoms with Crippen molar-refractivity contribution in [3.05, 3.63) is 0 Å². The van der Waals surface area contributed by atoms with Gasteiger partial charge in [-0.1, -0.05) is 0 Å². The van der Waals surface area contributed by atoms with E-state index in [2.05, 4.69) is 4.74 Å². The third kappa shape index (κ3) is 6.80. The highest BCUT2D eigenvalue weighted by molar-refractivity contribution is 6.06. The quantitative estimate of drug-likeness (QED) is 0.564. The Kier molecular flexibility index (Phi) is 6.72. The highest BCUT2D eigenvalue weighted by Crippen LogP contribution is 2.21. The van der Waals surface area contributed by atoms with E-state index in [0.717, 1.165) is 0 Å². The van der Waals surface area contributed by atoms with Crippen molar-refractivity contribution in [1.82, 2.24) is 4.90 Å². The van der Waals surface area contributed by atoms with Crippen molar-refractivity contribution < 1.29 is 28.7 Å². The second-order valence-corrected chi connectivity index (χ2v) is 6.68. The smallest absolute Gasteiger partial charge is 0.410 e. The molecule has 0 aromatic heterocycles. The topological polar surface area (TPSA) is 90.0 Å². The lowest BCUT2D eigenvalue weighted by molar-refractivity contribution is -0.143.